The molecule has 4 heteroatoms. The predicted molar refractivity (Wildman–Crippen MR) is 98.9 cm³/mol. The molecule has 0 aliphatic heterocycles. The molecule has 2 atom stereocenters. The lowest BCUT2D eigenvalue weighted by molar-refractivity contribution is -0.137. The molecular formula is C20H34O4. The van der Waals surface area contributed by atoms with Gasteiger partial charge in [-0.1, -0.05) is 81.9 Å². The van der Waals surface area contributed by atoms with E-state index in [1.165, 1.54) is 32.1 Å². The van der Waals surface area contributed by atoms with Gasteiger partial charge in [0, 0.05) is 6.42 Å². The van der Waals surface area contributed by atoms with Crippen LogP contribution in [0.15, 0.2) is 36.5 Å². The van der Waals surface area contributed by atoms with Crippen molar-refractivity contribution in [3.8, 4) is 0 Å². The summed E-state index contributed by atoms with van der Waals surface area (Å²) in [6.45, 7) is 2.21. The van der Waals surface area contributed by atoms with E-state index in [2.05, 4.69) is 6.92 Å². The van der Waals surface area contributed by atoms with Gasteiger partial charge < -0.3 is 15.3 Å². The Morgan fingerprint density at radius 2 is 1.29 bits per heavy atom. The first-order valence-electron chi connectivity index (χ1n) is 9.15. The molecule has 0 saturated heterocycles. The third-order valence-electron chi connectivity index (χ3n) is 3.74. The van der Waals surface area contributed by atoms with Gasteiger partial charge >= 0.3 is 5.97 Å². The first kappa shape index (κ1) is 22.6. The second-order valence-electron chi connectivity index (χ2n) is 6.13. The Kier molecular flexibility index (Phi) is 15.5. The number of aliphatic carboxylic acids is 1. The van der Waals surface area contributed by atoms with E-state index in [0.29, 0.717) is 12.8 Å². The number of allylic oxidation sites excluding steroid dienone is 4. The highest BCUT2D eigenvalue weighted by atomic mass is 16.4. The number of aliphatic hydroxyl groups excluding tert-OH is 2. The van der Waals surface area contributed by atoms with Gasteiger partial charge in [-0.05, 0) is 19.3 Å². The van der Waals surface area contributed by atoms with Crippen molar-refractivity contribution in [2.24, 2.45) is 0 Å². The molecule has 0 aliphatic rings. The number of aliphatic hydroxyl groups is 2. The van der Waals surface area contributed by atoms with Crippen LogP contribution in [-0.4, -0.2) is 33.5 Å². The van der Waals surface area contributed by atoms with E-state index < -0.39 is 18.2 Å². The minimum Gasteiger partial charge on any atom is -0.481 e. The molecule has 0 aromatic rings. The lowest BCUT2D eigenvalue weighted by Gasteiger charge is -2.04. The zero-order chi connectivity index (χ0) is 18.0. The quantitative estimate of drug-likeness (QED) is 0.306. The molecule has 4 nitrogen and oxygen atoms in total. The van der Waals surface area contributed by atoms with Crippen molar-refractivity contribution < 1.29 is 20.1 Å². The van der Waals surface area contributed by atoms with Crippen LogP contribution >= 0.6 is 0 Å². The molecule has 0 fully saturated rings. The number of carbonyl (C=O) groups is 1. The first-order valence-corrected chi connectivity index (χ1v) is 9.15. The molecule has 0 bridgehead atoms. The van der Waals surface area contributed by atoms with Crippen LogP contribution in [0.3, 0.4) is 0 Å². The average molecular weight is 338 g/mol. The molecular weight excluding hydrogens is 304 g/mol. The highest BCUT2D eigenvalue weighted by Crippen LogP contribution is 2.09. The van der Waals surface area contributed by atoms with Crippen molar-refractivity contribution in [1.29, 1.82) is 0 Å². The Labute approximate surface area is 146 Å². The molecule has 0 aliphatic carbocycles. The lowest BCUT2D eigenvalue weighted by Crippen LogP contribution is -2.03. The van der Waals surface area contributed by atoms with Crippen LogP contribution in [-0.2, 0) is 4.79 Å². The Balaban J connectivity index is 3.70. The number of unbranched alkanes of at least 4 members (excludes halogenated alkanes) is 5. The predicted octanol–water partition coefficient (Wildman–Crippen LogP) is 4.38. The van der Waals surface area contributed by atoms with Crippen LogP contribution < -0.4 is 0 Å². The van der Waals surface area contributed by atoms with Crippen molar-refractivity contribution >= 4 is 5.97 Å². The van der Waals surface area contributed by atoms with E-state index >= 15 is 0 Å². The highest BCUT2D eigenvalue weighted by molar-refractivity contribution is 5.66. The zero-order valence-corrected chi connectivity index (χ0v) is 14.9. The van der Waals surface area contributed by atoms with E-state index in [-0.39, 0.29) is 6.42 Å². The van der Waals surface area contributed by atoms with Gasteiger partial charge in [-0.25, -0.2) is 0 Å². The van der Waals surface area contributed by atoms with E-state index in [0.717, 1.165) is 12.8 Å². The molecule has 0 aromatic carbocycles. The maximum Gasteiger partial charge on any atom is 0.303 e. The van der Waals surface area contributed by atoms with Crippen molar-refractivity contribution in [2.45, 2.75) is 83.3 Å². The van der Waals surface area contributed by atoms with Crippen LogP contribution in [0.1, 0.15) is 71.1 Å². The number of hydrogen-bond acceptors (Lipinski definition) is 3. The van der Waals surface area contributed by atoms with E-state index in [4.69, 9.17) is 5.11 Å². The van der Waals surface area contributed by atoms with Gasteiger partial charge in [0.05, 0.1) is 12.2 Å². The SMILES string of the molecule is CCCCCCCC[C@@H](O)/C=C/C=C/C=C\[C@H](O)CCCC(=O)O. The van der Waals surface area contributed by atoms with Gasteiger partial charge in [0.25, 0.3) is 0 Å². The molecule has 24 heavy (non-hydrogen) atoms. The van der Waals surface area contributed by atoms with Gasteiger partial charge in [0.15, 0.2) is 0 Å². The van der Waals surface area contributed by atoms with E-state index in [9.17, 15) is 15.0 Å². The number of carboxylic acids is 1. The summed E-state index contributed by atoms with van der Waals surface area (Å²) in [6.07, 6.45) is 18.7. The molecule has 0 saturated carbocycles. The molecule has 0 rings (SSSR count). The van der Waals surface area contributed by atoms with Crippen LogP contribution in [0, 0.1) is 0 Å². The van der Waals surface area contributed by atoms with Crippen molar-refractivity contribution in [1.82, 2.24) is 0 Å². The van der Waals surface area contributed by atoms with E-state index in [1.807, 2.05) is 12.2 Å². The second kappa shape index (κ2) is 16.5. The number of carboxylic acid groups (broad SMARTS) is 1. The zero-order valence-electron chi connectivity index (χ0n) is 14.9. The number of rotatable bonds is 15. The largest absolute Gasteiger partial charge is 0.481 e. The average Bonchev–Trinajstić information content (AvgIpc) is 2.53. The second-order valence-corrected chi connectivity index (χ2v) is 6.13. The molecule has 0 unspecified atom stereocenters. The van der Waals surface area contributed by atoms with Crippen LogP contribution in [0.5, 0.6) is 0 Å². The standard InChI is InChI=1S/C20H34O4/c1-2-3-4-5-6-9-13-18(21)14-10-7-8-11-15-19(22)16-12-17-20(23)24/h7-8,10-11,14-15,18-19,21-22H,2-6,9,12-13,16-17H2,1H3,(H,23,24)/b8-7+,14-10+,15-11-/t18-,19+/m1/s1. The van der Waals surface area contributed by atoms with Gasteiger partial charge in [-0.15, -0.1) is 0 Å². The lowest BCUT2D eigenvalue weighted by atomic mass is 10.1. The summed E-state index contributed by atoms with van der Waals surface area (Å²) in [6, 6.07) is 0. The summed E-state index contributed by atoms with van der Waals surface area (Å²) in [5, 5.41) is 27.9. The maximum absolute atomic E-state index is 10.4. The summed E-state index contributed by atoms with van der Waals surface area (Å²) in [5.74, 6) is -0.837. The van der Waals surface area contributed by atoms with Crippen LogP contribution in [0.25, 0.3) is 0 Å². The smallest absolute Gasteiger partial charge is 0.303 e. The molecule has 0 amide bonds. The monoisotopic (exact) mass is 338 g/mol. The Morgan fingerprint density at radius 1 is 0.792 bits per heavy atom. The highest BCUT2D eigenvalue weighted by Gasteiger charge is 2.01. The Bertz CT molecular complexity index is 385. The van der Waals surface area contributed by atoms with Gasteiger partial charge in [0.1, 0.15) is 0 Å². The maximum atomic E-state index is 10.4. The van der Waals surface area contributed by atoms with Crippen LogP contribution in [0.4, 0.5) is 0 Å². The number of hydrogen-bond donors (Lipinski definition) is 3. The fourth-order valence-electron chi connectivity index (χ4n) is 2.30. The molecule has 0 heterocycles. The van der Waals surface area contributed by atoms with Crippen molar-refractivity contribution in [3.05, 3.63) is 36.5 Å². The van der Waals surface area contributed by atoms with E-state index in [1.54, 1.807) is 24.3 Å². The normalized spacial score (nSPS) is 14.8. The van der Waals surface area contributed by atoms with Gasteiger partial charge in [-0.3, -0.25) is 4.79 Å². The summed E-state index contributed by atoms with van der Waals surface area (Å²) in [5.41, 5.74) is 0. The summed E-state index contributed by atoms with van der Waals surface area (Å²) < 4.78 is 0. The van der Waals surface area contributed by atoms with Gasteiger partial charge in [0.2, 0.25) is 0 Å². The third kappa shape index (κ3) is 17.0. The molecule has 3 N–H and O–H groups in total. The van der Waals surface area contributed by atoms with Crippen LogP contribution in [0.2, 0.25) is 0 Å². The Morgan fingerprint density at radius 3 is 1.83 bits per heavy atom. The van der Waals surface area contributed by atoms with Gasteiger partial charge in [-0.2, -0.15) is 0 Å². The molecule has 0 radical (unpaired) electrons. The topological polar surface area (TPSA) is 77.8 Å². The molecule has 0 aromatic heterocycles. The molecule has 0 spiro atoms. The minimum atomic E-state index is -0.837. The first-order chi connectivity index (χ1) is 11.6. The minimum absolute atomic E-state index is 0.0833. The fraction of sp³-hybridized carbons (Fsp3) is 0.650. The third-order valence-corrected chi connectivity index (χ3v) is 3.74. The summed E-state index contributed by atoms with van der Waals surface area (Å²) in [7, 11) is 0. The Hall–Kier alpha value is -1.39. The van der Waals surface area contributed by atoms with Crippen molar-refractivity contribution in [2.75, 3.05) is 0 Å². The molecule has 138 valence electrons. The summed E-state index contributed by atoms with van der Waals surface area (Å²) >= 11 is 0. The fourth-order valence-corrected chi connectivity index (χ4v) is 2.30. The summed E-state index contributed by atoms with van der Waals surface area (Å²) in [4.78, 5) is 10.4. The van der Waals surface area contributed by atoms with Crippen molar-refractivity contribution in [3.63, 3.8) is 0 Å².